The van der Waals surface area contributed by atoms with Crippen molar-refractivity contribution in [1.29, 1.82) is 0 Å². The van der Waals surface area contributed by atoms with Crippen LogP contribution in [-0.2, 0) is 20.7 Å². The van der Waals surface area contributed by atoms with Gasteiger partial charge in [0.15, 0.2) is 0 Å². The van der Waals surface area contributed by atoms with Crippen LogP contribution in [-0.4, -0.2) is 38.1 Å². The molecule has 31 heavy (non-hydrogen) atoms. The van der Waals surface area contributed by atoms with E-state index in [1.807, 2.05) is 24.3 Å². The molecule has 1 aliphatic heterocycles. The molecule has 1 amide bonds. The summed E-state index contributed by atoms with van der Waals surface area (Å²) >= 11 is 0. The first-order valence-corrected chi connectivity index (χ1v) is 10.8. The Hall–Kier alpha value is -2.44. The molecular weight excluding hydrogens is 397 g/mol. The fourth-order valence-electron chi connectivity index (χ4n) is 4.09. The van der Waals surface area contributed by atoms with Gasteiger partial charge in [0.1, 0.15) is 11.6 Å². The van der Waals surface area contributed by atoms with Gasteiger partial charge in [-0.15, -0.1) is 0 Å². The number of ether oxygens (including phenoxy) is 3. The number of carbonyl (C=O) groups excluding carboxylic acids is 1. The lowest BCUT2D eigenvalue weighted by molar-refractivity contribution is -0.241. The Labute approximate surface area is 183 Å². The van der Waals surface area contributed by atoms with Gasteiger partial charge in [0.2, 0.25) is 12.2 Å². The van der Waals surface area contributed by atoms with E-state index < -0.39 is 5.60 Å². The Kier molecular flexibility index (Phi) is 7.68. The van der Waals surface area contributed by atoms with Gasteiger partial charge in [0, 0.05) is 27.0 Å². The second kappa shape index (κ2) is 10.2. The zero-order valence-corrected chi connectivity index (χ0v) is 18.7. The second-order valence-corrected chi connectivity index (χ2v) is 8.14. The molecule has 0 radical (unpaired) electrons. The van der Waals surface area contributed by atoms with Crippen LogP contribution < -0.4 is 10.1 Å². The number of hydrogen-bond acceptors (Lipinski definition) is 4. The topological polar surface area (TPSA) is 56.8 Å². The van der Waals surface area contributed by atoms with Crippen LogP contribution >= 0.6 is 0 Å². The molecule has 1 fully saturated rings. The van der Waals surface area contributed by atoms with Crippen LogP contribution in [0.25, 0.3) is 11.1 Å². The van der Waals surface area contributed by atoms with Gasteiger partial charge in [0.05, 0.1) is 11.7 Å². The first-order chi connectivity index (χ1) is 14.9. The summed E-state index contributed by atoms with van der Waals surface area (Å²) in [6.07, 6.45) is 2.96. The van der Waals surface area contributed by atoms with Gasteiger partial charge in [-0.3, -0.25) is 4.79 Å². The summed E-state index contributed by atoms with van der Waals surface area (Å²) in [5.74, 6) is 0.316. The molecule has 3 rings (SSSR count). The normalized spacial score (nSPS) is 23.4. The predicted molar refractivity (Wildman–Crippen MR) is 118 cm³/mol. The Bertz CT molecular complexity index is 903. The molecule has 1 aliphatic rings. The third-order valence-corrected chi connectivity index (χ3v) is 6.12. The summed E-state index contributed by atoms with van der Waals surface area (Å²) in [5.41, 5.74) is 2.16. The molecule has 3 unspecified atom stereocenters. The van der Waals surface area contributed by atoms with Gasteiger partial charge in [-0.25, -0.2) is 4.39 Å². The minimum atomic E-state index is -0.406. The molecular formula is C25H32FNO4. The van der Waals surface area contributed by atoms with Gasteiger partial charge in [0.25, 0.3) is 0 Å². The van der Waals surface area contributed by atoms with E-state index in [-0.39, 0.29) is 24.1 Å². The molecule has 0 bridgehead atoms. The molecule has 0 saturated carbocycles. The summed E-state index contributed by atoms with van der Waals surface area (Å²) in [4.78, 5) is 11.7. The number of rotatable bonds is 8. The van der Waals surface area contributed by atoms with Crippen LogP contribution in [0.2, 0.25) is 0 Å². The fraction of sp³-hybridized carbons (Fsp3) is 0.480. The summed E-state index contributed by atoms with van der Waals surface area (Å²) in [6, 6.07) is 12.2. The zero-order valence-electron chi connectivity index (χ0n) is 18.7. The third-order valence-electron chi connectivity index (χ3n) is 6.12. The molecule has 168 valence electrons. The van der Waals surface area contributed by atoms with Crippen LogP contribution in [0.4, 0.5) is 4.39 Å². The lowest BCUT2D eigenvalue weighted by Crippen LogP contribution is -2.50. The Morgan fingerprint density at radius 3 is 2.74 bits per heavy atom. The van der Waals surface area contributed by atoms with Gasteiger partial charge >= 0.3 is 0 Å². The van der Waals surface area contributed by atoms with Gasteiger partial charge < -0.3 is 19.5 Å². The average molecular weight is 430 g/mol. The van der Waals surface area contributed by atoms with Gasteiger partial charge in [-0.05, 0) is 67.1 Å². The van der Waals surface area contributed by atoms with Crippen molar-refractivity contribution in [3.63, 3.8) is 0 Å². The van der Waals surface area contributed by atoms with Crippen molar-refractivity contribution in [1.82, 2.24) is 5.32 Å². The second-order valence-electron chi connectivity index (χ2n) is 8.14. The summed E-state index contributed by atoms with van der Waals surface area (Å²) in [5, 5.41) is 2.64. The summed E-state index contributed by atoms with van der Waals surface area (Å²) in [7, 11) is 3.33. The minimum Gasteiger partial charge on any atom is -0.465 e. The van der Waals surface area contributed by atoms with E-state index in [1.54, 1.807) is 20.2 Å². The predicted octanol–water partition coefficient (Wildman–Crippen LogP) is 4.87. The van der Waals surface area contributed by atoms with E-state index in [9.17, 15) is 9.18 Å². The van der Waals surface area contributed by atoms with Gasteiger partial charge in [-0.2, -0.15) is 0 Å². The standard InChI is InChI=1S/C25H32FNO4/c1-5-25(2)22(29-4)12-14-24(31-25)30-20-11-9-17(10-13-23(28)27-3)21(16-20)18-7-6-8-19(26)15-18/h6-9,11,15-16,22,24H,5,10,12-14H2,1-4H3,(H,27,28). The third kappa shape index (κ3) is 5.63. The molecule has 3 atom stereocenters. The molecule has 0 aromatic heterocycles. The highest BCUT2D eigenvalue weighted by atomic mass is 19.1. The Morgan fingerprint density at radius 1 is 1.26 bits per heavy atom. The largest absolute Gasteiger partial charge is 0.465 e. The summed E-state index contributed by atoms with van der Waals surface area (Å²) in [6.45, 7) is 4.13. The maximum absolute atomic E-state index is 13.9. The molecule has 1 N–H and O–H groups in total. The minimum absolute atomic E-state index is 0.0345. The molecule has 2 aromatic carbocycles. The highest BCUT2D eigenvalue weighted by Crippen LogP contribution is 2.36. The van der Waals surface area contributed by atoms with E-state index in [2.05, 4.69) is 19.2 Å². The molecule has 5 nitrogen and oxygen atoms in total. The fourth-order valence-corrected chi connectivity index (χ4v) is 4.09. The molecule has 2 aromatic rings. The number of benzene rings is 2. The van der Waals surface area contributed by atoms with E-state index in [1.165, 1.54) is 12.1 Å². The van der Waals surface area contributed by atoms with Crippen LogP contribution in [0.5, 0.6) is 5.75 Å². The van der Waals surface area contributed by atoms with Gasteiger partial charge in [-0.1, -0.05) is 25.1 Å². The smallest absolute Gasteiger partial charge is 0.220 e. The number of hydrogen-bond donors (Lipinski definition) is 1. The monoisotopic (exact) mass is 429 g/mol. The first kappa shape index (κ1) is 23.2. The van der Waals surface area contributed by atoms with Crippen LogP contribution in [0.1, 0.15) is 45.1 Å². The summed E-state index contributed by atoms with van der Waals surface area (Å²) < 4.78 is 31.9. The van der Waals surface area contributed by atoms with Crippen molar-refractivity contribution in [2.45, 2.75) is 63.9 Å². The number of halogens is 1. The lowest BCUT2D eigenvalue weighted by Gasteiger charge is -2.43. The van der Waals surface area contributed by atoms with Crippen LogP contribution in [0.3, 0.4) is 0 Å². The average Bonchev–Trinajstić information content (AvgIpc) is 2.78. The number of aryl methyl sites for hydroxylation is 1. The number of amides is 1. The number of nitrogens with one attached hydrogen (secondary N) is 1. The highest BCUT2D eigenvalue weighted by Gasteiger charge is 2.41. The van der Waals surface area contributed by atoms with Crippen molar-refractivity contribution in [3.05, 3.63) is 53.8 Å². The Morgan fingerprint density at radius 2 is 2.06 bits per heavy atom. The van der Waals surface area contributed by atoms with E-state index in [0.717, 1.165) is 36.0 Å². The first-order valence-electron chi connectivity index (χ1n) is 10.8. The maximum Gasteiger partial charge on any atom is 0.220 e. The highest BCUT2D eigenvalue weighted by molar-refractivity contribution is 5.77. The zero-order chi connectivity index (χ0) is 22.4. The van der Waals surface area contributed by atoms with Crippen LogP contribution in [0, 0.1) is 5.82 Å². The van der Waals surface area contributed by atoms with E-state index in [4.69, 9.17) is 14.2 Å². The number of methoxy groups -OCH3 is 1. The molecule has 0 spiro atoms. The molecule has 1 heterocycles. The Balaban J connectivity index is 1.85. The van der Waals surface area contributed by atoms with Crippen molar-refractivity contribution in [2.75, 3.05) is 14.2 Å². The SMILES string of the molecule is CCC1(C)OC(Oc2ccc(CCC(=O)NC)c(-c3cccc(F)c3)c2)CCC1OC. The molecule has 0 aliphatic carbocycles. The van der Waals surface area contributed by atoms with Crippen molar-refractivity contribution in [2.24, 2.45) is 0 Å². The molecule has 1 saturated heterocycles. The van der Waals surface area contributed by atoms with E-state index in [0.29, 0.717) is 18.6 Å². The van der Waals surface area contributed by atoms with Crippen molar-refractivity contribution < 1.29 is 23.4 Å². The van der Waals surface area contributed by atoms with Crippen molar-refractivity contribution in [3.8, 4) is 16.9 Å². The quantitative estimate of drug-likeness (QED) is 0.650. The lowest BCUT2D eigenvalue weighted by atomic mass is 9.89. The molecule has 6 heteroatoms. The maximum atomic E-state index is 13.9. The van der Waals surface area contributed by atoms with E-state index >= 15 is 0 Å². The van der Waals surface area contributed by atoms with Crippen molar-refractivity contribution >= 4 is 5.91 Å². The number of carbonyl (C=O) groups is 1. The van der Waals surface area contributed by atoms with Crippen LogP contribution in [0.15, 0.2) is 42.5 Å².